The smallest absolute Gasteiger partial charge is 0.410 e. The summed E-state index contributed by atoms with van der Waals surface area (Å²) in [6.07, 6.45) is 0.417. The van der Waals surface area contributed by atoms with Crippen LogP contribution in [-0.2, 0) is 4.74 Å². The Balaban J connectivity index is 1.88. The van der Waals surface area contributed by atoms with Crippen LogP contribution in [0.15, 0.2) is 42.5 Å². The molecule has 2 aromatic carbocycles. The van der Waals surface area contributed by atoms with Crippen molar-refractivity contribution >= 4 is 40.7 Å². The summed E-state index contributed by atoms with van der Waals surface area (Å²) in [7, 11) is 0. The van der Waals surface area contributed by atoms with Gasteiger partial charge in [0.05, 0.1) is 16.1 Å². The number of nitrogens with zero attached hydrogens (tertiary/aromatic N) is 2. The largest absolute Gasteiger partial charge is 0.444 e. The van der Waals surface area contributed by atoms with Gasteiger partial charge < -0.3 is 14.5 Å². The Labute approximate surface area is 174 Å². The Morgan fingerprint density at radius 1 is 1.11 bits per heavy atom. The van der Waals surface area contributed by atoms with E-state index in [0.29, 0.717) is 23.1 Å². The first kappa shape index (κ1) is 20.7. The number of amides is 1. The van der Waals surface area contributed by atoms with E-state index in [0.717, 1.165) is 17.8 Å². The van der Waals surface area contributed by atoms with Gasteiger partial charge in [-0.25, -0.2) is 9.18 Å². The molecule has 0 aliphatic carbocycles. The third kappa shape index (κ3) is 4.89. The monoisotopic (exact) mass is 424 g/mol. The van der Waals surface area contributed by atoms with E-state index in [1.165, 1.54) is 12.1 Å². The van der Waals surface area contributed by atoms with Crippen LogP contribution in [0.4, 0.5) is 20.6 Å². The molecule has 2 aromatic rings. The third-order valence-corrected chi connectivity index (χ3v) is 5.21. The van der Waals surface area contributed by atoms with Crippen LogP contribution in [0.25, 0.3) is 0 Å². The molecule has 4 nitrogen and oxygen atoms in total. The quantitative estimate of drug-likeness (QED) is 0.580. The summed E-state index contributed by atoms with van der Waals surface area (Å²) in [4.78, 5) is 16.2. The molecular formula is C21H23Cl2FN2O2. The molecule has 1 fully saturated rings. The van der Waals surface area contributed by atoms with Crippen molar-refractivity contribution in [2.45, 2.75) is 38.8 Å². The van der Waals surface area contributed by atoms with Crippen molar-refractivity contribution < 1.29 is 13.9 Å². The molecule has 0 radical (unpaired) electrons. The number of benzene rings is 2. The van der Waals surface area contributed by atoms with Crippen LogP contribution >= 0.6 is 23.2 Å². The van der Waals surface area contributed by atoms with E-state index in [4.69, 9.17) is 27.9 Å². The van der Waals surface area contributed by atoms with Crippen LogP contribution in [0.1, 0.15) is 27.2 Å². The predicted molar refractivity (Wildman–Crippen MR) is 111 cm³/mol. The van der Waals surface area contributed by atoms with Crippen molar-refractivity contribution in [1.29, 1.82) is 0 Å². The average molecular weight is 425 g/mol. The fourth-order valence-electron chi connectivity index (χ4n) is 3.25. The minimum Gasteiger partial charge on any atom is -0.444 e. The Morgan fingerprint density at radius 3 is 2.36 bits per heavy atom. The first-order chi connectivity index (χ1) is 13.1. The summed E-state index contributed by atoms with van der Waals surface area (Å²) >= 11 is 12.3. The standard InChI is InChI=1S/C21H23Cl2FN2O2/c1-21(2,3)28-20(27)25-11-10-17(13-25)26(15-6-4-14(24)5-7-15)16-8-9-18(22)19(23)12-16/h4-9,12,17H,10-11,13H2,1-3H3. The second kappa shape index (κ2) is 8.18. The molecule has 1 aliphatic rings. The molecule has 1 atom stereocenters. The molecule has 1 amide bonds. The molecular weight excluding hydrogens is 402 g/mol. The molecule has 7 heteroatoms. The minimum absolute atomic E-state index is 0.00442. The predicted octanol–water partition coefficient (Wildman–Crippen LogP) is 6.28. The summed E-state index contributed by atoms with van der Waals surface area (Å²) in [5, 5.41) is 0.902. The second-order valence-corrected chi connectivity index (χ2v) is 8.63. The molecule has 1 aliphatic heterocycles. The molecule has 0 aromatic heterocycles. The van der Waals surface area contributed by atoms with Gasteiger partial charge in [-0.05, 0) is 69.7 Å². The van der Waals surface area contributed by atoms with Crippen molar-refractivity contribution in [3.05, 3.63) is 58.3 Å². The van der Waals surface area contributed by atoms with Crippen LogP contribution in [0.2, 0.25) is 10.0 Å². The van der Waals surface area contributed by atoms with Gasteiger partial charge in [-0.2, -0.15) is 0 Å². The minimum atomic E-state index is -0.546. The molecule has 28 heavy (non-hydrogen) atoms. The maximum atomic E-state index is 13.4. The van der Waals surface area contributed by atoms with E-state index in [9.17, 15) is 9.18 Å². The normalized spacial score (nSPS) is 16.9. The zero-order valence-corrected chi connectivity index (χ0v) is 17.6. The Hall–Kier alpha value is -1.98. The summed E-state index contributed by atoms with van der Waals surface area (Å²) < 4.78 is 18.9. The van der Waals surface area contributed by atoms with Gasteiger partial charge in [0.2, 0.25) is 0 Å². The zero-order chi connectivity index (χ0) is 20.5. The maximum absolute atomic E-state index is 13.4. The van der Waals surface area contributed by atoms with Gasteiger partial charge in [-0.3, -0.25) is 0 Å². The Bertz CT molecular complexity index is 852. The number of carbonyl (C=O) groups excluding carboxylic acids is 1. The van der Waals surface area contributed by atoms with E-state index in [1.807, 2.05) is 26.8 Å². The lowest BCUT2D eigenvalue weighted by Gasteiger charge is -2.32. The molecule has 0 bridgehead atoms. The van der Waals surface area contributed by atoms with Crippen molar-refractivity contribution in [2.24, 2.45) is 0 Å². The van der Waals surface area contributed by atoms with Gasteiger partial charge in [0, 0.05) is 24.5 Å². The highest BCUT2D eigenvalue weighted by Gasteiger charge is 2.34. The van der Waals surface area contributed by atoms with Crippen molar-refractivity contribution in [1.82, 2.24) is 4.90 Å². The second-order valence-electron chi connectivity index (χ2n) is 7.81. The molecule has 0 N–H and O–H groups in total. The van der Waals surface area contributed by atoms with Gasteiger partial charge in [-0.1, -0.05) is 23.2 Å². The number of likely N-dealkylation sites (tertiary alicyclic amines) is 1. The van der Waals surface area contributed by atoms with Crippen LogP contribution in [-0.4, -0.2) is 35.7 Å². The summed E-state index contributed by atoms with van der Waals surface area (Å²) in [5.74, 6) is -0.306. The SMILES string of the molecule is CC(C)(C)OC(=O)N1CCC(N(c2ccc(F)cc2)c2ccc(Cl)c(Cl)c2)C1. The molecule has 1 heterocycles. The lowest BCUT2D eigenvalue weighted by molar-refractivity contribution is 0.0293. The van der Waals surface area contributed by atoms with Gasteiger partial charge in [0.25, 0.3) is 0 Å². The van der Waals surface area contributed by atoms with E-state index in [2.05, 4.69) is 4.90 Å². The number of hydrogen-bond acceptors (Lipinski definition) is 3. The van der Waals surface area contributed by atoms with E-state index >= 15 is 0 Å². The third-order valence-electron chi connectivity index (χ3n) is 4.47. The molecule has 3 rings (SSSR count). The van der Waals surface area contributed by atoms with Gasteiger partial charge in [0.1, 0.15) is 11.4 Å². The van der Waals surface area contributed by atoms with Crippen molar-refractivity contribution in [2.75, 3.05) is 18.0 Å². The topological polar surface area (TPSA) is 32.8 Å². The van der Waals surface area contributed by atoms with Crippen molar-refractivity contribution in [3.8, 4) is 0 Å². The van der Waals surface area contributed by atoms with Gasteiger partial charge in [-0.15, -0.1) is 0 Å². The van der Waals surface area contributed by atoms with Crippen LogP contribution < -0.4 is 4.90 Å². The van der Waals surface area contributed by atoms with Gasteiger partial charge in [0.15, 0.2) is 0 Å². The lowest BCUT2D eigenvalue weighted by Crippen LogP contribution is -2.39. The van der Waals surface area contributed by atoms with Crippen LogP contribution in [0.3, 0.4) is 0 Å². The molecule has 0 saturated carbocycles. The van der Waals surface area contributed by atoms with Crippen molar-refractivity contribution in [3.63, 3.8) is 0 Å². The maximum Gasteiger partial charge on any atom is 0.410 e. The van der Waals surface area contributed by atoms with Crippen LogP contribution in [0, 0.1) is 5.82 Å². The molecule has 1 unspecified atom stereocenters. The zero-order valence-electron chi connectivity index (χ0n) is 16.1. The highest BCUT2D eigenvalue weighted by molar-refractivity contribution is 6.42. The fourth-order valence-corrected chi connectivity index (χ4v) is 3.54. The van der Waals surface area contributed by atoms with Gasteiger partial charge >= 0.3 is 6.09 Å². The summed E-state index contributed by atoms with van der Waals surface area (Å²) in [5.41, 5.74) is 1.10. The van der Waals surface area contributed by atoms with Crippen LogP contribution in [0.5, 0.6) is 0 Å². The lowest BCUT2D eigenvalue weighted by atomic mass is 10.1. The van der Waals surface area contributed by atoms with E-state index in [-0.39, 0.29) is 18.0 Å². The van der Waals surface area contributed by atoms with E-state index in [1.54, 1.807) is 29.2 Å². The first-order valence-corrected chi connectivity index (χ1v) is 9.87. The first-order valence-electron chi connectivity index (χ1n) is 9.12. The molecule has 150 valence electrons. The highest BCUT2D eigenvalue weighted by atomic mass is 35.5. The number of anilines is 2. The number of carbonyl (C=O) groups is 1. The number of ether oxygens (including phenoxy) is 1. The number of halogens is 3. The fraction of sp³-hybridized carbons (Fsp3) is 0.381. The Morgan fingerprint density at radius 2 is 1.75 bits per heavy atom. The molecule has 1 saturated heterocycles. The number of hydrogen-bond donors (Lipinski definition) is 0. The summed E-state index contributed by atoms with van der Waals surface area (Å²) in [6.45, 7) is 6.61. The van der Waals surface area contributed by atoms with E-state index < -0.39 is 5.60 Å². The average Bonchev–Trinajstić information content (AvgIpc) is 3.08. The molecule has 0 spiro atoms. The number of rotatable bonds is 3. The Kier molecular flexibility index (Phi) is 6.06. The highest BCUT2D eigenvalue weighted by Crippen LogP contribution is 2.35. The summed E-state index contributed by atoms with van der Waals surface area (Å²) in [6, 6.07) is 11.6.